The molecule has 0 bridgehead atoms. The van der Waals surface area contributed by atoms with Gasteiger partial charge in [0.2, 0.25) is 0 Å². The van der Waals surface area contributed by atoms with Crippen LogP contribution in [0.4, 0.5) is 0 Å². The zero-order valence-corrected chi connectivity index (χ0v) is 38.1. The molecule has 2 atom stereocenters. The van der Waals surface area contributed by atoms with E-state index in [4.69, 9.17) is 18.5 Å². The molecule has 328 valence electrons. The zero-order chi connectivity index (χ0) is 40.6. The molecule has 0 rings (SSSR count). The van der Waals surface area contributed by atoms with E-state index in [2.05, 4.69) is 13.8 Å². The Morgan fingerprint density at radius 1 is 0.564 bits per heavy atom. The number of unbranched alkanes of at least 4 members (excludes halogenated alkanes) is 30. The predicted octanol–water partition coefficient (Wildman–Crippen LogP) is 14.2. The zero-order valence-electron chi connectivity index (χ0n) is 37.2. The fourth-order valence-electron chi connectivity index (χ4n) is 6.72. The number of phosphoric acid groups is 1. The first-order valence-electron chi connectivity index (χ1n) is 23.5. The Labute approximate surface area is 341 Å². The van der Waals surface area contributed by atoms with Crippen LogP contribution in [0.2, 0.25) is 0 Å². The monoisotopic (exact) mass is 803 g/mol. The summed E-state index contributed by atoms with van der Waals surface area (Å²) in [5.74, 6) is -0.271. The van der Waals surface area contributed by atoms with E-state index in [1.165, 1.54) is 173 Å². The molecule has 0 aromatic rings. The van der Waals surface area contributed by atoms with E-state index in [-0.39, 0.29) is 25.8 Å². The number of nitrogens with zero attached hydrogens (tertiary/aromatic N) is 1. The highest BCUT2D eigenvalue weighted by Gasteiger charge is 2.25. The Balaban J connectivity index is 4.20. The van der Waals surface area contributed by atoms with Crippen molar-refractivity contribution in [3.63, 3.8) is 0 Å². The Morgan fingerprint density at radius 3 is 1.35 bits per heavy atom. The van der Waals surface area contributed by atoms with Gasteiger partial charge in [-0.1, -0.05) is 200 Å². The van der Waals surface area contributed by atoms with Gasteiger partial charge in [0.1, 0.15) is 19.8 Å². The van der Waals surface area contributed by atoms with Gasteiger partial charge in [0.25, 0.3) is 0 Å². The van der Waals surface area contributed by atoms with Crippen LogP contribution < -0.4 is 0 Å². The maximum absolute atomic E-state index is 12.5. The third-order valence-electron chi connectivity index (χ3n) is 10.4. The maximum atomic E-state index is 12.5. The molecule has 0 radical (unpaired) electrons. The lowest BCUT2D eigenvalue weighted by molar-refractivity contribution is -0.870. The molecule has 0 amide bonds. The number of hydrogen-bond donors (Lipinski definition) is 1. The Bertz CT molecular complexity index is 894. The summed E-state index contributed by atoms with van der Waals surface area (Å²) in [5, 5.41) is 0. The summed E-state index contributed by atoms with van der Waals surface area (Å²) in [6.45, 7) is 4.95. The Morgan fingerprint density at radius 2 is 0.945 bits per heavy atom. The van der Waals surface area contributed by atoms with Crippen molar-refractivity contribution in [3.8, 4) is 0 Å². The first kappa shape index (κ1) is 54.1. The average molecular weight is 803 g/mol. The second-order valence-corrected chi connectivity index (χ2v) is 18.7. The van der Waals surface area contributed by atoms with Crippen molar-refractivity contribution < 1.29 is 37.3 Å². The van der Waals surface area contributed by atoms with Crippen LogP contribution in [0.15, 0.2) is 12.3 Å². The predicted molar refractivity (Wildman–Crippen MR) is 233 cm³/mol. The Kier molecular flexibility index (Phi) is 39.2. The van der Waals surface area contributed by atoms with Gasteiger partial charge >= 0.3 is 13.8 Å². The minimum Gasteiger partial charge on any atom is -0.492 e. The van der Waals surface area contributed by atoms with Gasteiger partial charge in [0, 0.05) is 6.42 Å². The van der Waals surface area contributed by atoms with Crippen LogP contribution in [-0.4, -0.2) is 69.0 Å². The van der Waals surface area contributed by atoms with Gasteiger partial charge in [-0.15, -0.1) is 0 Å². The van der Waals surface area contributed by atoms with Gasteiger partial charge in [0.05, 0.1) is 34.0 Å². The van der Waals surface area contributed by atoms with Gasteiger partial charge in [-0.2, -0.15) is 0 Å². The van der Waals surface area contributed by atoms with E-state index < -0.39 is 13.9 Å². The molecule has 0 saturated heterocycles. The van der Waals surface area contributed by atoms with Gasteiger partial charge in [-0.05, 0) is 25.3 Å². The quantitative estimate of drug-likeness (QED) is 0.0216. The SMILES string of the molecule is CCCCCCCCCCCCCCCC/C=C\OC(COC(=O)CCCCCCCCCCCCCCCCCCC)COP(=O)(O)OCC[N+](C)(C)C. The molecule has 1 N–H and O–H groups in total. The van der Waals surface area contributed by atoms with Crippen LogP contribution in [0.25, 0.3) is 0 Å². The van der Waals surface area contributed by atoms with E-state index in [1.54, 1.807) is 6.26 Å². The molecule has 0 aliphatic heterocycles. The van der Waals surface area contributed by atoms with Gasteiger partial charge in [0.15, 0.2) is 6.10 Å². The van der Waals surface area contributed by atoms with Crippen LogP contribution in [0.3, 0.4) is 0 Å². The van der Waals surface area contributed by atoms with Crippen LogP contribution in [-0.2, 0) is 27.9 Å². The lowest BCUT2D eigenvalue weighted by Crippen LogP contribution is -2.37. The fraction of sp³-hybridized carbons (Fsp3) is 0.935. The normalized spacial score (nSPS) is 13.7. The molecule has 0 aliphatic carbocycles. The maximum Gasteiger partial charge on any atom is 0.472 e. The smallest absolute Gasteiger partial charge is 0.472 e. The number of esters is 1. The number of rotatable bonds is 44. The summed E-state index contributed by atoms with van der Waals surface area (Å²) in [4.78, 5) is 22.7. The van der Waals surface area contributed by atoms with E-state index >= 15 is 0 Å². The average Bonchev–Trinajstić information content (AvgIpc) is 3.14. The molecule has 2 unspecified atom stereocenters. The number of quaternary nitrogens is 1. The topological polar surface area (TPSA) is 91.3 Å². The van der Waals surface area contributed by atoms with E-state index in [0.717, 1.165) is 32.1 Å². The second-order valence-electron chi connectivity index (χ2n) is 17.2. The summed E-state index contributed by atoms with van der Waals surface area (Å²) < 4.78 is 34.8. The van der Waals surface area contributed by atoms with Crippen LogP contribution in [0, 0.1) is 0 Å². The molecule has 8 nitrogen and oxygen atoms in total. The number of allylic oxidation sites excluding steroid dienone is 1. The van der Waals surface area contributed by atoms with Crippen LogP contribution in [0.5, 0.6) is 0 Å². The summed E-state index contributed by atoms with van der Waals surface area (Å²) >= 11 is 0. The molecular formula is C46H93NO7P+. The minimum absolute atomic E-state index is 0.0418. The van der Waals surface area contributed by atoms with Crippen LogP contribution >= 0.6 is 7.82 Å². The largest absolute Gasteiger partial charge is 0.492 e. The van der Waals surface area contributed by atoms with Crippen molar-refractivity contribution in [2.24, 2.45) is 0 Å². The summed E-state index contributed by atoms with van der Waals surface area (Å²) in [5.41, 5.74) is 0. The van der Waals surface area contributed by atoms with E-state index in [1.807, 2.05) is 27.2 Å². The molecule has 0 aliphatic rings. The molecule has 0 aromatic heterocycles. The van der Waals surface area contributed by atoms with Gasteiger partial charge in [-0.3, -0.25) is 13.8 Å². The highest BCUT2D eigenvalue weighted by molar-refractivity contribution is 7.47. The first-order valence-corrected chi connectivity index (χ1v) is 25.0. The van der Waals surface area contributed by atoms with Gasteiger partial charge in [-0.25, -0.2) is 4.57 Å². The van der Waals surface area contributed by atoms with Crippen molar-refractivity contribution in [1.29, 1.82) is 0 Å². The van der Waals surface area contributed by atoms with Crippen molar-refractivity contribution >= 4 is 13.8 Å². The highest BCUT2D eigenvalue weighted by Crippen LogP contribution is 2.43. The molecule has 55 heavy (non-hydrogen) atoms. The second kappa shape index (κ2) is 39.9. The molecule has 0 fully saturated rings. The minimum atomic E-state index is -4.26. The third-order valence-corrected chi connectivity index (χ3v) is 11.4. The molecule has 0 spiro atoms. The number of hydrogen-bond acceptors (Lipinski definition) is 6. The lowest BCUT2D eigenvalue weighted by atomic mass is 10.0. The van der Waals surface area contributed by atoms with Crippen molar-refractivity contribution in [2.75, 3.05) is 47.5 Å². The number of phosphoric ester groups is 1. The molecule has 0 aromatic carbocycles. The van der Waals surface area contributed by atoms with Crippen molar-refractivity contribution in [3.05, 3.63) is 12.3 Å². The van der Waals surface area contributed by atoms with Gasteiger partial charge < -0.3 is 18.9 Å². The first-order chi connectivity index (χ1) is 26.6. The summed E-state index contributed by atoms with van der Waals surface area (Å²) in [6.07, 6.45) is 44.9. The van der Waals surface area contributed by atoms with E-state index in [0.29, 0.717) is 17.4 Å². The number of likely N-dealkylation sites (N-methyl/N-ethyl adjacent to an activating group) is 1. The van der Waals surface area contributed by atoms with Crippen LogP contribution in [0.1, 0.15) is 226 Å². The molecular weight excluding hydrogens is 709 g/mol. The van der Waals surface area contributed by atoms with E-state index in [9.17, 15) is 14.3 Å². The molecule has 0 saturated carbocycles. The number of carbonyl (C=O) groups excluding carboxylic acids is 1. The summed E-state index contributed by atoms with van der Waals surface area (Å²) in [7, 11) is 1.69. The highest BCUT2D eigenvalue weighted by atomic mass is 31.2. The number of carbonyl (C=O) groups is 1. The number of ether oxygens (including phenoxy) is 2. The van der Waals surface area contributed by atoms with Crippen molar-refractivity contribution in [2.45, 2.75) is 232 Å². The molecule has 9 heteroatoms. The fourth-order valence-corrected chi connectivity index (χ4v) is 7.46. The molecule has 0 heterocycles. The Hall–Kier alpha value is -0.920. The lowest BCUT2D eigenvalue weighted by Gasteiger charge is -2.24. The van der Waals surface area contributed by atoms with Crippen molar-refractivity contribution in [1.82, 2.24) is 0 Å². The third kappa shape index (κ3) is 44.0. The summed E-state index contributed by atoms with van der Waals surface area (Å²) in [6, 6.07) is 0. The standard InChI is InChI=1S/C46H92NO7P/c1-6-8-10-12-14-16-18-20-22-24-25-27-29-31-33-35-37-39-46(48)52-43-45(44-54-55(49,50)53-42-40-47(3,4)5)51-41-38-36-34-32-30-28-26-23-21-19-17-15-13-11-9-7-2/h38,41,45H,6-37,39-40,42-44H2,1-5H3/p+1/b41-38-.